The Hall–Kier alpha value is -2.82. The van der Waals surface area contributed by atoms with Crippen LogP contribution in [0.3, 0.4) is 0 Å². The number of ketones is 1. The van der Waals surface area contributed by atoms with Gasteiger partial charge in [0.2, 0.25) is 0 Å². The molecule has 158 valence electrons. The van der Waals surface area contributed by atoms with Crippen LogP contribution in [0.15, 0.2) is 47.1 Å². The molecule has 0 saturated heterocycles. The van der Waals surface area contributed by atoms with E-state index >= 15 is 0 Å². The number of hydrogen-bond acceptors (Lipinski definition) is 4. The van der Waals surface area contributed by atoms with E-state index in [1.54, 1.807) is 0 Å². The summed E-state index contributed by atoms with van der Waals surface area (Å²) in [5.41, 5.74) is 2.67. The molecule has 5 nitrogen and oxygen atoms in total. The Morgan fingerprint density at radius 1 is 1.17 bits per heavy atom. The molecule has 4 rings (SSSR count). The molecule has 5 heteroatoms. The molecule has 3 unspecified atom stereocenters. The topological polar surface area (TPSA) is 94.8 Å². The summed E-state index contributed by atoms with van der Waals surface area (Å²) < 4.78 is 0. The van der Waals surface area contributed by atoms with Gasteiger partial charge in [0.25, 0.3) is 0 Å². The fourth-order valence-electron chi connectivity index (χ4n) is 5.78. The van der Waals surface area contributed by atoms with Crippen LogP contribution >= 0.6 is 0 Å². The molecule has 1 aromatic rings. The van der Waals surface area contributed by atoms with E-state index in [0.29, 0.717) is 12.0 Å². The summed E-state index contributed by atoms with van der Waals surface area (Å²) in [5, 5.41) is 29.6. The normalized spacial score (nSPS) is 31.9. The lowest BCUT2D eigenvalue weighted by Gasteiger charge is -2.37. The molecule has 0 aliphatic heterocycles. The first-order valence-corrected chi connectivity index (χ1v) is 10.4. The summed E-state index contributed by atoms with van der Waals surface area (Å²) >= 11 is 0. The largest absolute Gasteiger partial charge is 0.508 e. The van der Waals surface area contributed by atoms with Crippen LogP contribution in [0.25, 0.3) is 0 Å². The Bertz CT molecular complexity index is 1060. The lowest BCUT2D eigenvalue weighted by molar-refractivity contribution is -0.119. The molecule has 30 heavy (non-hydrogen) atoms. The molecular formula is C25H28O5. The Morgan fingerprint density at radius 3 is 2.47 bits per heavy atom. The van der Waals surface area contributed by atoms with Crippen molar-refractivity contribution in [1.29, 1.82) is 0 Å². The summed E-state index contributed by atoms with van der Waals surface area (Å²) in [5.74, 6) is -1.52. The SMILES string of the molecule is CC1C=CC=C(Cc2cc(O)c(C(=O)O)cc2O)C1=C1C(=O)C2CCC1(C)C2(C)C. The van der Waals surface area contributed by atoms with Crippen LogP contribution in [0.5, 0.6) is 11.5 Å². The number of aromatic carboxylic acids is 1. The van der Waals surface area contributed by atoms with Crippen LogP contribution in [0.1, 0.15) is 56.5 Å². The zero-order valence-corrected chi connectivity index (χ0v) is 17.8. The van der Waals surface area contributed by atoms with Gasteiger partial charge in [-0.2, -0.15) is 0 Å². The maximum Gasteiger partial charge on any atom is 0.339 e. The zero-order chi connectivity index (χ0) is 22.0. The number of aromatic hydroxyl groups is 2. The molecule has 0 aromatic heterocycles. The highest BCUT2D eigenvalue weighted by molar-refractivity contribution is 6.04. The molecule has 3 N–H and O–H groups in total. The van der Waals surface area contributed by atoms with Gasteiger partial charge in [0.15, 0.2) is 5.78 Å². The van der Waals surface area contributed by atoms with Crippen LogP contribution in [0, 0.1) is 22.7 Å². The summed E-state index contributed by atoms with van der Waals surface area (Å²) in [7, 11) is 0. The Morgan fingerprint density at radius 2 is 1.87 bits per heavy atom. The molecule has 1 aromatic carbocycles. The third kappa shape index (κ3) is 2.68. The van der Waals surface area contributed by atoms with Crippen LogP contribution in [-0.4, -0.2) is 27.1 Å². The number of hydrogen-bond donors (Lipinski definition) is 3. The molecule has 2 fully saturated rings. The monoisotopic (exact) mass is 408 g/mol. The third-order valence-corrected chi connectivity index (χ3v) is 7.92. The summed E-state index contributed by atoms with van der Waals surface area (Å²) in [6.07, 6.45) is 8.21. The van der Waals surface area contributed by atoms with Gasteiger partial charge in [-0.1, -0.05) is 45.9 Å². The quantitative estimate of drug-likeness (QED) is 0.494. The molecule has 3 aliphatic rings. The number of carboxylic acids is 1. The number of carbonyl (C=O) groups excluding carboxylic acids is 1. The number of allylic oxidation sites excluding steroid dienone is 6. The van der Waals surface area contributed by atoms with Crippen molar-refractivity contribution in [2.24, 2.45) is 22.7 Å². The number of benzene rings is 1. The first-order valence-electron chi connectivity index (χ1n) is 10.4. The fraction of sp³-hybridized carbons (Fsp3) is 0.440. The van der Waals surface area contributed by atoms with Gasteiger partial charge in [0, 0.05) is 28.9 Å². The maximum absolute atomic E-state index is 13.4. The zero-order valence-electron chi connectivity index (χ0n) is 17.8. The van der Waals surface area contributed by atoms with Crippen molar-refractivity contribution in [1.82, 2.24) is 0 Å². The van der Waals surface area contributed by atoms with Crippen molar-refractivity contribution in [3.63, 3.8) is 0 Å². The summed E-state index contributed by atoms with van der Waals surface area (Å²) in [6, 6.07) is 2.38. The fourth-order valence-corrected chi connectivity index (χ4v) is 5.78. The van der Waals surface area contributed by atoms with Gasteiger partial charge in [-0.15, -0.1) is 0 Å². The molecule has 2 bridgehead atoms. The average Bonchev–Trinajstić information content (AvgIpc) is 2.96. The van der Waals surface area contributed by atoms with Gasteiger partial charge in [-0.3, -0.25) is 4.79 Å². The van der Waals surface area contributed by atoms with Crippen molar-refractivity contribution in [3.05, 3.63) is 58.2 Å². The van der Waals surface area contributed by atoms with Crippen molar-refractivity contribution in [2.45, 2.75) is 47.0 Å². The second-order valence-electron chi connectivity index (χ2n) is 9.64. The van der Waals surface area contributed by atoms with Gasteiger partial charge in [0.1, 0.15) is 17.1 Å². The number of fused-ring (bicyclic) bond motifs is 2. The molecular weight excluding hydrogens is 380 g/mol. The second kappa shape index (κ2) is 6.59. The van der Waals surface area contributed by atoms with E-state index in [2.05, 4.69) is 33.8 Å². The lowest BCUT2D eigenvalue weighted by Crippen LogP contribution is -2.30. The van der Waals surface area contributed by atoms with E-state index < -0.39 is 5.97 Å². The molecule has 0 heterocycles. The Kier molecular flexibility index (Phi) is 4.49. The predicted molar refractivity (Wildman–Crippen MR) is 113 cm³/mol. The average molecular weight is 408 g/mol. The van der Waals surface area contributed by atoms with E-state index in [1.807, 2.05) is 12.2 Å². The summed E-state index contributed by atoms with van der Waals surface area (Å²) in [6.45, 7) is 8.66. The molecule has 2 saturated carbocycles. The minimum Gasteiger partial charge on any atom is -0.508 e. The van der Waals surface area contributed by atoms with E-state index in [0.717, 1.165) is 35.6 Å². The minimum absolute atomic E-state index is 0.0386. The maximum atomic E-state index is 13.4. The standard InChI is InChI=1S/C25H28O5/c1-13-6-5-7-14(10-15-11-19(27)16(23(29)30)12-18(15)26)20(13)21-22(28)17-8-9-25(21,4)24(17,2)3/h5-7,11-13,17,26-27H,8-10H2,1-4H3,(H,29,30). The third-order valence-electron chi connectivity index (χ3n) is 7.92. The smallest absolute Gasteiger partial charge is 0.339 e. The predicted octanol–water partition coefficient (Wildman–Crippen LogP) is 4.79. The van der Waals surface area contributed by atoms with Gasteiger partial charge < -0.3 is 15.3 Å². The first kappa shape index (κ1) is 20.5. The second-order valence-corrected chi connectivity index (χ2v) is 9.64. The van der Waals surface area contributed by atoms with Crippen LogP contribution < -0.4 is 0 Å². The number of phenolic OH excluding ortho intramolecular Hbond substituents is 1. The molecule has 0 amide bonds. The minimum atomic E-state index is -1.30. The molecule has 3 aliphatic carbocycles. The van der Waals surface area contributed by atoms with Gasteiger partial charge in [-0.25, -0.2) is 4.79 Å². The number of rotatable bonds is 3. The van der Waals surface area contributed by atoms with Crippen molar-refractivity contribution in [3.8, 4) is 11.5 Å². The van der Waals surface area contributed by atoms with E-state index in [4.69, 9.17) is 5.11 Å². The van der Waals surface area contributed by atoms with Gasteiger partial charge in [-0.05, 0) is 47.5 Å². The van der Waals surface area contributed by atoms with Crippen LogP contribution in [0.4, 0.5) is 0 Å². The van der Waals surface area contributed by atoms with E-state index in [-0.39, 0.29) is 45.5 Å². The molecule has 3 atom stereocenters. The van der Waals surface area contributed by atoms with Crippen molar-refractivity contribution < 1.29 is 24.9 Å². The Balaban J connectivity index is 1.82. The van der Waals surface area contributed by atoms with E-state index in [9.17, 15) is 19.8 Å². The number of carbonyl (C=O) groups is 2. The molecule has 0 spiro atoms. The lowest BCUT2D eigenvalue weighted by atomic mass is 9.66. The number of Topliss-reactive ketones (excluding diaryl/α,β-unsaturated/α-hetero) is 1. The number of carboxylic acid groups (broad SMARTS) is 1. The van der Waals surface area contributed by atoms with Gasteiger partial charge >= 0.3 is 5.97 Å². The first-order chi connectivity index (χ1) is 14.0. The summed E-state index contributed by atoms with van der Waals surface area (Å²) in [4.78, 5) is 24.6. The van der Waals surface area contributed by atoms with Crippen molar-refractivity contribution in [2.75, 3.05) is 0 Å². The highest BCUT2D eigenvalue weighted by atomic mass is 16.4. The highest BCUT2D eigenvalue weighted by Gasteiger charge is 2.64. The Labute approximate surface area is 176 Å². The molecule has 0 radical (unpaired) electrons. The van der Waals surface area contributed by atoms with E-state index in [1.165, 1.54) is 6.07 Å². The highest BCUT2D eigenvalue weighted by Crippen LogP contribution is 2.67. The number of phenols is 2. The van der Waals surface area contributed by atoms with Gasteiger partial charge in [0.05, 0.1) is 0 Å². The van der Waals surface area contributed by atoms with Crippen LogP contribution in [0.2, 0.25) is 0 Å². The van der Waals surface area contributed by atoms with Crippen LogP contribution in [-0.2, 0) is 11.2 Å². The van der Waals surface area contributed by atoms with Crippen molar-refractivity contribution >= 4 is 11.8 Å².